The van der Waals surface area contributed by atoms with Crippen LogP contribution in [-0.4, -0.2) is 48.6 Å². The minimum Gasteiger partial charge on any atom is -0.440 e. The van der Waals surface area contributed by atoms with Gasteiger partial charge in [-0.3, -0.25) is 4.90 Å². The standard InChI is InChI=1S/C30H32ClF2N2O2S/c31-25-6-1-4-9-29(25)38-19-5-16-35-17-14-23(15-18-35)28(21-35)37-30(36)34(27-8-3-2-7-26(27)33)20-22-10-12-24(32)13-11-22/h1-4,6-13,23,28H,5,14-21H2/q+1/t23?,28-,35?/m0/s1. The molecule has 3 aliphatic heterocycles. The van der Waals surface area contributed by atoms with Gasteiger partial charge in [-0.05, 0) is 42.0 Å². The second-order valence-corrected chi connectivity index (χ2v) is 11.8. The van der Waals surface area contributed by atoms with E-state index in [1.807, 2.05) is 18.2 Å². The third-order valence-corrected chi connectivity index (χ3v) is 9.38. The molecule has 3 aliphatic rings. The SMILES string of the molecule is O=C(O[C@H]1C[N+]2(CCCSc3ccccc3Cl)CCC1CC2)N(Cc1ccc(F)cc1)c1ccccc1F. The fraction of sp³-hybridized carbons (Fsp3) is 0.367. The molecule has 0 radical (unpaired) electrons. The highest BCUT2D eigenvalue weighted by Gasteiger charge is 2.47. The lowest BCUT2D eigenvalue weighted by molar-refractivity contribution is -0.946. The Kier molecular flexibility index (Phi) is 8.56. The molecule has 0 N–H and O–H groups in total. The minimum atomic E-state index is -0.564. The van der Waals surface area contributed by atoms with Crippen molar-refractivity contribution in [2.45, 2.75) is 36.8 Å². The molecular weight excluding hydrogens is 526 g/mol. The van der Waals surface area contributed by atoms with Crippen LogP contribution >= 0.6 is 23.4 Å². The number of nitrogens with zero attached hydrogens (tertiary/aromatic N) is 2. The van der Waals surface area contributed by atoms with E-state index < -0.39 is 11.9 Å². The van der Waals surface area contributed by atoms with Crippen molar-refractivity contribution in [3.63, 3.8) is 0 Å². The van der Waals surface area contributed by atoms with Crippen molar-refractivity contribution in [1.82, 2.24) is 0 Å². The molecule has 3 heterocycles. The second-order valence-electron chi connectivity index (χ2n) is 10.3. The Labute approximate surface area is 232 Å². The molecule has 0 saturated carbocycles. The maximum Gasteiger partial charge on any atom is 0.415 e. The molecule has 0 aromatic heterocycles. The third-order valence-electron chi connectivity index (χ3n) is 7.78. The Balaban J connectivity index is 1.24. The molecule has 200 valence electrons. The Bertz CT molecular complexity index is 1250. The number of thioether (sulfide) groups is 1. The normalized spacial score (nSPS) is 22.3. The van der Waals surface area contributed by atoms with Crippen molar-refractivity contribution in [3.8, 4) is 0 Å². The van der Waals surface area contributed by atoms with Crippen molar-refractivity contribution in [3.05, 3.63) is 95.0 Å². The van der Waals surface area contributed by atoms with Crippen molar-refractivity contribution in [1.29, 1.82) is 0 Å². The van der Waals surface area contributed by atoms with Crippen LogP contribution in [0.4, 0.5) is 19.3 Å². The van der Waals surface area contributed by atoms with Gasteiger partial charge in [0.1, 0.15) is 18.2 Å². The van der Waals surface area contributed by atoms with E-state index in [2.05, 4.69) is 6.07 Å². The molecule has 3 aromatic rings. The van der Waals surface area contributed by atoms with Crippen LogP contribution in [0, 0.1) is 17.6 Å². The molecule has 1 amide bonds. The number of ether oxygens (including phenoxy) is 1. The smallest absolute Gasteiger partial charge is 0.415 e. The monoisotopic (exact) mass is 557 g/mol. The summed E-state index contributed by atoms with van der Waals surface area (Å²) in [5.74, 6) is 0.446. The van der Waals surface area contributed by atoms with Crippen LogP contribution < -0.4 is 4.90 Å². The van der Waals surface area contributed by atoms with Crippen molar-refractivity contribution >= 4 is 35.1 Å². The van der Waals surface area contributed by atoms with E-state index in [0.717, 1.165) is 65.6 Å². The largest absolute Gasteiger partial charge is 0.440 e. The molecule has 6 rings (SSSR count). The van der Waals surface area contributed by atoms with Gasteiger partial charge in [0.15, 0.2) is 6.10 Å². The van der Waals surface area contributed by atoms with E-state index in [0.29, 0.717) is 11.5 Å². The van der Waals surface area contributed by atoms with Gasteiger partial charge in [-0.25, -0.2) is 13.6 Å². The maximum atomic E-state index is 14.8. The van der Waals surface area contributed by atoms with E-state index in [1.54, 1.807) is 42.1 Å². The van der Waals surface area contributed by atoms with E-state index in [1.165, 1.54) is 23.1 Å². The van der Waals surface area contributed by atoms with Crippen LogP contribution in [0.3, 0.4) is 0 Å². The minimum absolute atomic E-state index is 0.0940. The molecule has 0 spiro atoms. The van der Waals surface area contributed by atoms with Gasteiger partial charge in [-0.15, -0.1) is 11.8 Å². The summed E-state index contributed by atoms with van der Waals surface area (Å²) in [6, 6.07) is 20.0. The number of carbonyl (C=O) groups excluding carboxylic acids is 1. The summed E-state index contributed by atoms with van der Waals surface area (Å²) in [7, 11) is 0. The summed E-state index contributed by atoms with van der Waals surface area (Å²) in [4.78, 5) is 15.9. The lowest BCUT2D eigenvalue weighted by Gasteiger charge is -2.52. The summed E-state index contributed by atoms with van der Waals surface area (Å²) in [6.07, 6.45) is 2.32. The third kappa shape index (κ3) is 6.33. The first kappa shape index (κ1) is 27.0. The molecule has 3 fully saturated rings. The van der Waals surface area contributed by atoms with Crippen LogP contribution in [-0.2, 0) is 11.3 Å². The summed E-state index contributed by atoms with van der Waals surface area (Å²) >= 11 is 8.08. The van der Waals surface area contributed by atoms with E-state index in [-0.39, 0.29) is 24.2 Å². The molecule has 2 bridgehead atoms. The lowest BCUT2D eigenvalue weighted by atomic mass is 9.83. The number of carbonyl (C=O) groups is 1. The molecule has 1 atom stereocenters. The average molecular weight is 558 g/mol. The fourth-order valence-corrected chi connectivity index (χ4v) is 6.87. The summed E-state index contributed by atoms with van der Waals surface area (Å²) in [5.41, 5.74) is 0.851. The van der Waals surface area contributed by atoms with Gasteiger partial charge < -0.3 is 9.22 Å². The van der Waals surface area contributed by atoms with Gasteiger partial charge in [0.05, 0.1) is 36.9 Å². The number of rotatable bonds is 9. The number of para-hydroxylation sites is 1. The Morgan fingerprint density at radius 1 is 1.00 bits per heavy atom. The van der Waals surface area contributed by atoms with Gasteiger partial charge in [0.2, 0.25) is 0 Å². The highest BCUT2D eigenvalue weighted by Crippen LogP contribution is 2.37. The van der Waals surface area contributed by atoms with Crippen molar-refractivity contribution in [2.75, 3.05) is 36.8 Å². The number of fused-ring (bicyclic) bond motifs is 3. The first-order chi connectivity index (χ1) is 18.4. The van der Waals surface area contributed by atoms with Gasteiger partial charge in [0, 0.05) is 35.8 Å². The zero-order valence-electron chi connectivity index (χ0n) is 21.2. The Morgan fingerprint density at radius 3 is 2.45 bits per heavy atom. The molecule has 3 saturated heterocycles. The van der Waals surface area contributed by atoms with Crippen molar-refractivity contribution in [2.24, 2.45) is 5.92 Å². The number of anilines is 1. The van der Waals surface area contributed by atoms with Gasteiger partial charge in [-0.1, -0.05) is 48.0 Å². The van der Waals surface area contributed by atoms with Crippen LogP contribution in [0.5, 0.6) is 0 Å². The summed E-state index contributed by atoms with van der Waals surface area (Å²) < 4.78 is 35.3. The number of piperidine rings is 3. The average Bonchev–Trinajstić information content (AvgIpc) is 2.93. The zero-order valence-corrected chi connectivity index (χ0v) is 22.8. The fourth-order valence-electron chi connectivity index (χ4n) is 5.70. The number of halogens is 3. The number of benzene rings is 3. The molecule has 8 heteroatoms. The van der Waals surface area contributed by atoms with Gasteiger partial charge in [-0.2, -0.15) is 0 Å². The van der Waals surface area contributed by atoms with Crippen LogP contribution in [0.1, 0.15) is 24.8 Å². The molecule has 3 aromatic carbocycles. The van der Waals surface area contributed by atoms with Crippen LogP contribution in [0.15, 0.2) is 77.7 Å². The zero-order chi connectivity index (χ0) is 26.5. The van der Waals surface area contributed by atoms with Gasteiger partial charge >= 0.3 is 6.09 Å². The van der Waals surface area contributed by atoms with Gasteiger partial charge in [0.25, 0.3) is 0 Å². The first-order valence-electron chi connectivity index (χ1n) is 13.1. The Hall–Kier alpha value is -2.61. The topological polar surface area (TPSA) is 29.5 Å². The number of hydrogen-bond donors (Lipinski definition) is 0. The summed E-state index contributed by atoms with van der Waals surface area (Å²) in [5, 5.41) is 0.787. The maximum absolute atomic E-state index is 14.8. The predicted molar refractivity (Wildman–Crippen MR) is 148 cm³/mol. The van der Waals surface area contributed by atoms with E-state index >= 15 is 0 Å². The molecule has 4 nitrogen and oxygen atoms in total. The van der Waals surface area contributed by atoms with Crippen LogP contribution in [0.25, 0.3) is 0 Å². The highest BCUT2D eigenvalue weighted by atomic mass is 35.5. The van der Waals surface area contributed by atoms with Crippen LogP contribution in [0.2, 0.25) is 5.02 Å². The molecule has 0 aliphatic carbocycles. The number of hydrogen-bond acceptors (Lipinski definition) is 3. The first-order valence-corrected chi connectivity index (χ1v) is 14.5. The quantitative estimate of drug-likeness (QED) is 0.154. The lowest BCUT2D eigenvalue weighted by Crippen LogP contribution is -2.65. The predicted octanol–water partition coefficient (Wildman–Crippen LogP) is 7.55. The molecular formula is C30H32ClF2N2O2S+. The molecule has 38 heavy (non-hydrogen) atoms. The summed E-state index contributed by atoms with van der Waals surface area (Å²) in [6.45, 7) is 4.11. The second kappa shape index (κ2) is 12.1. The number of amides is 1. The van der Waals surface area contributed by atoms with E-state index in [4.69, 9.17) is 16.3 Å². The Morgan fingerprint density at radius 2 is 1.71 bits per heavy atom. The molecule has 0 unspecified atom stereocenters. The van der Waals surface area contributed by atoms with E-state index in [9.17, 15) is 13.6 Å². The number of quaternary nitrogens is 1. The highest BCUT2D eigenvalue weighted by molar-refractivity contribution is 7.99. The van der Waals surface area contributed by atoms with Crippen molar-refractivity contribution < 1.29 is 22.8 Å².